The molecular weight excluding hydrogens is 560 g/mol. The number of urea groups is 1. The Hall–Kier alpha value is -3.52. The van der Waals surface area contributed by atoms with E-state index in [9.17, 15) is 19.5 Å². The van der Waals surface area contributed by atoms with E-state index >= 15 is 0 Å². The number of ketones is 1. The van der Waals surface area contributed by atoms with Crippen LogP contribution in [0, 0.1) is 0 Å². The third kappa shape index (κ3) is 19.3. The number of hydrogen-bond acceptors (Lipinski definition) is 5. The Balaban J connectivity index is 2.10. The SMILES string of the molecule is CC/C=C\C/C=C\C/C=C\C/C=C\C/C=C\CCCCSC(CC)C(=O)CCCNC(=O)Nc1ccc(O)c(C(=O)O)c1. The Kier molecular flexibility index (Phi) is 21.8. The third-order valence-corrected chi connectivity index (χ3v) is 7.87. The molecule has 4 N–H and O–H groups in total. The first kappa shape index (κ1) is 37.5. The zero-order valence-corrected chi connectivity index (χ0v) is 26.6. The van der Waals surface area contributed by atoms with Crippen LogP contribution in [0.3, 0.4) is 0 Å². The average molecular weight is 611 g/mol. The van der Waals surface area contributed by atoms with Gasteiger partial charge in [-0.05, 0) is 88.2 Å². The van der Waals surface area contributed by atoms with Gasteiger partial charge >= 0.3 is 12.0 Å². The van der Waals surface area contributed by atoms with E-state index in [1.807, 2.05) is 6.92 Å². The molecule has 0 saturated carbocycles. The summed E-state index contributed by atoms with van der Waals surface area (Å²) in [7, 11) is 0. The number of Topliss-reactive ketones (excluding diaryl/α,β-unsaturated/α-hetero) is 1. The number of benzene rings is 1. The molecule has 1 atom stereocenters. The molecule has 0 fully saturated rings. The monoisotopic (exact) mass is 610 g/mol. The highest BCUT2D eigenvalue weighted by Gasteiger charge is 2.16. The molecule has 0 saturated heterocycles. The van der Waals surface area contributed by atoms with Gasteiger partial charge in [-0.3, -0.25) is 4.79 Å². The van der Waals surface area contributed by atoms with Crippen molar-refractivity contribution in [2.24, 2.45) is 0 Å². The summed E-state index contributed by atoms with van der Waals surface area (Å²) < 4.78 is 0. The number of carbonyl (C=O) groups is 3. The fourth-order valence-corrected chi connectivity index (χ4v) is 5.18. The van der Waals surface area contributed by atoms with Crippen LogP contribution in [0.4, 0.5) is 10.5 Å². The van der Waals surface area contributed by atoms with Crippen LogP contribution in [-0.2, 0) is 4.79 Å². The van der Waals surface area contributed by atoms with Crippen LogP contribution in [0.2, 0.25) is 0 Å². The van der Waals surface area contributed by atoms with Gasteiger partial charge in [0.2, 0.25) is 0 Å². The van der Waals surface area contributed by atoms with E-state index in [-0.39, 0.29) is 28.0 Å². The highest BCUT2D eigenvalue weighted by Crippen LogP contribution is 2.22. The second kappa shape index (κ2) is 25.0. The molecule has 1 rings (SSSR count). The van der Waals surface area contributed by atoms with Crippen molar-refractivity contribution in [2.75, 3.05) is 17.6 Å². The lowest BCUT2D eigenvalue weighted by Gasteiger charge is -2.13. The molecule has 0 aliphatic rings. The molecule has 0 aliphatic heterocycles. The fourth-order valence-electron chi connectivity index (χ4n) is 3.98. The maximum Gasteiger partial charge on any atom is 0.339 e. The smallest absolute Gasteiger partial charge is 0.339 e. The Morgan fingerprint density at radius 1 is 0.837 bits per heavy atom. The number of thioether (sulfide) groups is 1. The number of phenols is 1. The van der Waals surface area contributed by atoms with Crippen molar-refractivity contribution < 1.29 is 24.6 Å². The summed E-state index contributed by atoms with van der Waals surface area (Å²) in [5, 5.41) is 23.8. The minimum absolute atomic E-state index is 0.0195. The number of allylic oxidation sites excluding steroid dienone is 10. The summed E-state index contributed by atoms with van der Waals surface area (Å²) in [6, 6.07) is 3.32. The van der Waals surface area contributed by atoms with Crippen molar-refractivity contribution >= 4 is 35.2 Å². The number of carboxylic acid groups (broad SMARTS) is 1. The third-order valence-electron chi connectivity index (χ3n) is 6.34. The van der Waals surface area contributed by atoms with E-state index in [2.05, 4.69) is 78.3 Å². The first-order valence-electron chi connectivity index (χ1n) is 15.4. The standard InChI is InChI=1S/C35H50N2O5S/c1-3-5-6-7-8-9-10-11-12-13-14-15-16-17-18-19-20-21-27-43-33(4-2)32(39)23-22-26-36-35(42)37-29-24-25-31(38)30(28-29)34(40)41/h5-6,8-9,11-12,14-15,17-18,24-25,28,33,38H,3-4,7,10,13,16,19-23,26-27H2,1-2H3,(H,40,41)(H2,36,37,42)/b6-5-,9-8-,12-11-,15-14-,18-17-. The largest absolute Gasteiger partial charge is 0.507 e. The molecule has 1 aromatic rings. The van der Waals surface area contributed by atoms with Crippen molar-refractivity contribution in [3.05, 3.63) is 84.5 Å². The quantitative estimate of drug-likeness (QED) is 0.0558. The van der Waals surface area contributed by atoms with Gasteiger partial charge in [0.25, 0.3) is 0 Å². The Morgan fingerprint density at radius 3 is 2.02 bits per heavy atom. The predicted molar refractivity (Wildman–Crippen MR) is 181 cm³/mol. The van der Waals surface area contributed by atoms with Crippen LogP contribution < -0.4 is 10.6 Å². The second-order valence-electron chi connectivity index (χ2n) is 9.96. The van der Waals surface area contributed by atoms with E-state index in [1.165, 1.54) is 18.2 Å². The van der Waals surface area contributed by atoms with E-state index in [0.29, 0.717) is 19.4 Å². The Labute approximate surface area is 262 Å². The maximum atomic E-state index is 12.6. The molecule has 0 heterocycles. The zero-order valence-electron chi connectivity index (χ0n) is 25.8. The number of aromatic hydroxyl groups is 1. The van der Waals surface area contributed by atoms with Gasteiger partial charge < -0.3 is 20.8 Å². The van der Waals surface area contributed by atoms with Gasteiger partial charge in [-0.15, -0.1) is 0 Å². The second-order valence-corrected chi connectivity index (χ2v) is 11.3. The summed E-state index contributed by atoms with van der Waals surface area (Å²) >= 11 is 1.72. The number of hydrogen-bond donors (Lipinski definition) is 4. The minimum atomic E-state index is -1.28. The average Bonchev–Trinajstić information content (AvgIpc) is 2.99. The van der Waals surface area contributed by atoms with Crippen molar-refractivity contribution in [3.8, 4) is 5.75 Å². The van der Waals surface area contributed by atoms with Gasteiger partial charge in [0.05, 0.1) is 5.25 Å². The number of aromatic carboxylic acids is 1. The van der Waals surface area contributed by atoms with E-state index < -0.39 is 12.0 Å². The number of anilines is 1. The van der Waals surface area contributed by atoms with Gasteiger partial charge in [-0.25, -0.2) is 9.59 Å². The van der Waals surface area contributed by atoms with Gasteiger partial charge in [0.1, 0.15) is 17.1 Å². The van der Waals surface area contributed by atoms with Crippen LogP contribution in [0.25, 0.3) is 0 Å². The van der Waals surface area contributed by atoms with Gasteiger partial charge in [0, 0.05) is 18.7 Å². The molecule has 0 aliphatic carbocycles. The predicted octanol–water partition coefficient (Wildman–Crippen LogP) is 8.99. The van der Waals surface area contributed by atoms with Crippen molar-refractivity contribution in [1.82, 2.24) is 5.32 Å². The fraction of sp³-hybridized carbons (Fsp3) is 0.457. The lowest BCUT2D eigenvalue weighted by Crippen LogP contribution is -2.30. The van der Waals surface area contributed by atoms with Crippen LogP contribution in [0.1, 0.15) is 94.8 Å². The molecule has 0 radical (unpaired) electrons. The summed E-state index contributed by atoms with van der Waals surface area (Å²) in [6.07, 6.45) is 32.0. The van der Waals surface area contributed by atoms with Crippen molar-refractivity contribution in [2.45, 2.75) is 89.7 Å². The summed E-state index contributed by atoms with van der Waals surface area (Å²) in [6.45, 7) is 4.50. The molecule has 1 aromatic carbocycles. The number of amides is 2. The van der Waals surface area contributed by atoms with Crippen molar-refractivity contribution in [1.29, 1.82) is 0 Å². The van der Waals surface area contributed by atoms with Gasteiger partial charge in [0.15, 0.2) is 0 Å². The van der Waals surface area contributed by atoms with Crippen molar-refractivity contribution in [3.63, 3.8) is 0 Å². The number of carboxylic acids is 1. The molecule has 8 heteroatoms. The first-order valence-corrected chi connectivity index (χ1v) is 16.4. The molecule has 0 aromatic heterocycles. The van der Waals surface area contributed by atoms with Crippen LogP contribution in [0.5, 0.6) is 5.75 Å². The van der Waals surface area contributed by atoms with Gasteiger partial charge in [-0.1, -0.05) is 74.6 Å². The zero-order chi connectivity index (χ0) is 31.5. The minimum Gasteiger partial charge on any atom is -0.507 e. The molecule has 0 spiro atoms. The Bertz CT molecular complexity index is 1110. The lowest BCUT2D eigenvalue weighted by atomic mass is 10.1. The summed E-state index contributed by atoms with van der Waals surface area (Å²) in [5.74, 6) is -0.489. The highest BCUT2D eigenvalue weighted by atomic mass is 32.2. The van der Waals surface area contributed by atoms with Gasteiger partial charge in [-0.2, -0.15) is 11.8 Å². The first-order chi connectivity index (χ1) is 20.9. The summed E-state index contributed by atoms with van der Waals surface area (Å²) in [4.78, 5) is 35.8. The maximum absolute atomic E-state index is 12.6. The van der Waals surface area contributed by atoms with E-state index in [0.717, 1.165) is 63.5 Å². The van der Waals surface area contributed by atoms with E-state index in [1.54, 1.807) is 11.8 Å². The molecule has 7 nitrogen and oxygen atoms in total. The topological polar surface area (TPSA) is 116 Å². The van der Waals surface area contributed by atoms with Crippen LogP contribution in [-0.4, -0.2) is 45.5 Å². The lowest BCUT2D eigenvalue weighted by molar-refractivity contribution is -0.118. The normalized spacial score (nSPS) is 12.7. The molecule has 0 bridgehead atoms. The molecule has 2 amide bonds. The number of rotatable bonds is 23. The molecular formula is C35H50N2O5S. The molecule has 236 valence electrons. The van der Waals surface area contributed by atoms with Crippen LogP contribution >= 0.6 is 11.8 Å². The summed E-state index contributed by atoms with van der Waals surface area (Å²) in [5.41, 5.74) is -0.0340. The molecule has 1 unspecified atom stereocenters. The molecule has 43 heavy (non-hydrogen) atoms. The highest BCUT2D eigenvalue weighted by molar-refractivity contribution is 8.00. The number of unbranched alkanes of at least 4 members (excludes halogenated alkanes) is 2. The number of nitrogens with one attached hydrogen (secondary N) is 2. The van der Waals surface area contributed by atoms with E-state index in [4.69, 9.17) is 5.11 Å². The number of carbonyl (C=O) groups excluding carboxylic acids is 2. The Morgan fingerprint density at radius 2 is 1.44 bits per heavy atom. The van der Waals surface area contributed by atoms with Crippen LogP contribution in [0.15, 0.2) is 79.0 Å².